The maximum atomic E-state index is 13.9. The average molecular weight is 433 g/mol. The van der Waals surface area contributed by atoms with Crippen LogP contribution < -0.4 is 20.1 Å². The second-order valence-corrected chi connectivity index (χ2v) is 7.27. The molecule has 3 aromatic carbocycles. The van der Waals surface area contributed by atoms with Crippen molar-refractivity contribution in [3.63, 3.8) is 0 Å². The predicted octanol–water partition coefficient (Wildman–Crippen LogP) is 5.28. The Kier molecular flexibility index (Phi) is 6.26. The lowest BCUT2D eigenvalue weighted by Crippen LogP contribution is -2.33. The number of aromatic nitrogens is 1. The van der Waals surface area contributed by atoms with Crippen LogP contribution in [-0.4, -0.2) is 31.8 Å². The number of carbonyl (C=O) groups is 1. The summed E-state index contributed by atoms with van der Waals surface area (Å²) in [5.74, 6) is 0.554. The number of para-hydroxylation sites is 2. The number of anilines is 1. The first-order valence-corrected chi connectivity index (χ1v) is 10.2. The zero-order valence-electron chi connectivity index (χ0n) is 17.8. The molecule has 7 heteroatoms. The molecule has 0 aliphatic carbocycles. The number of H-pyrrole nitrogens is 1. The number of methoxy groups -OCH3 is 2. The van der Waals surface area contributed by atoms with E-state index in [-0.39, 0.29) is 18.2 Å². The van der Waals surface area contributed by atoms with E-state index in [0.717, 1.165) is 22.0 Å². The van der Waals surface area contributed by atoms with Crippen LogP contribution in [0.4, 0.5) is 14.9 Å². The monoisotopic (exact) mass is 433 g/mol. The third kappa shape index (κ3) is 4.37. The first-order valence-electron chi connectivity index (χ1n) is 10.2. The van der Waals surface area contributed by atoms with Gasteiger partial charge in [0.05, 0.1) is 19.9 Å². The molecule has 4 aromatic rings. The van der Waals surface area contributed by atoms with Gasteiger partial charge in [-0.2, -0.15) is 0 Å². The van der Waals surface area contributed by atoms with Crippen molar-refractivity contribution >= 4 is 22.6 Å². The van der Waals surface area contributed by atoms with Gasteiger partial charge in [0, 0.05) is 29.6 Å². The summed E-state index contributed by atoms with van der Waals surface area (Å²) in [5, 5.41) is 6.49. The van der Waals surface area contributed by atoms with E-state index < -0.39 is 11.8 Å². The Morgan fingerprint density at radius 3 is 2.53 bits per heavy atom. The van der Waals surface area contributed by atoms with Crippen LogP contribution in [-0.2, 0) is 0 Å². The van der Waals surface area contributed by atoms with Crippen molar-refractivity contribution in [3.8, 4) is 11.5 Å². The zero-order chi connectivity index (χ0) is 22.5. The summed E-state index contributed by atoms with van der Waals surface area (Å²) in [6, 6.07) is 19.2. The molecule has 164 valence electrons. The summed E-state index contributed by atoms with van der Waals surface area (Å²) in [4.78, 5) is 15.8. The summed E-state index contributed by atoms with van der Waals surface area (Å²) < 4.78 is 24.7. The molecule has 1 aromatic heterocycles. The van der Waals surface area contributed by atoms with E-state index in [1.807, 2.05) is 48.7 Å². The van der Waals surface area contributed by atoms with Crippen LogP contribution in [0, 0.1) is 5.82 Å². The Morgan fingerprint density at radius 1 is 1.00 bits per heavy atom. The molecule has 0 saturated heterocycles. The Morgan fingerprint density at radius 2 is 1.75 bits per heavy atom. The van der Waals surface area contributed by atoms with E-state index >= 15 is 0 Å². The summed E-state index contributed by atoms with van der Waals surface area (Å²) in [6.45, 7) is 0.289. The quantitative estimate of drug-likeness (QED) is 0.371. The van der Waals surface area contributed by atoms with E-state index in [1.54, 1.807) is 26.4 Å². The number of hydrogen-bond acceptors (Lipinski definition) is 3. The number of aromatic amines is 1. The minimum Gasteiger partial charge on any atom is -0.493 e. The number of rotatable bonds is 7. The Hall–Kier alpha value is -4.00. The summed E-state index contributed by atoms with van der Waals surface area (Å²) in [6.07, 6.45) is 1.95. The third-order valence-electron chi connectivity index (χ3n) is 5.40. The molecule has 32 heavy (non-hydrogen) atoms. The Bertz CT molecular complexity index is 1240. The van der Waals surface area contributed by atoms with Crippen molar-refractivity contribution in [2.24, 2.45) is 0 Å². The second-order valence-electron chi connectivity index (χ2n) is 7.27. The molecule has 0 spiro atoms. The van der Waals surface area contributed by atoms with Crippen LogP contribution in [0.25, 0.3) is 10.9 Å². The molecule has 4 rings (SSSR count). The maximum absolute atomic E-state index is 13.9. The normalized spacial score (nSPS) is 11.7. The lowest BCUT2D eigenvalue weighted by atomic mass is 9.90. The molecule has 1 atom stereocenters. The molecule has 0 aliphatic heterocycles. The van der Waals surface area contributed by atoms with Crippen LogP contribution in [0.2, 0.25) is 0 Å². The van der Waals surface area contributed by atoms with Gasteiger partial charge in [0.25, 0.3) is 0 Å². The van der Waals surface area contributed by atoms with Crippen LogP contribution in [0.5, 0.6) is 11.5 Å². The average Bonchev–Trinajstić information content (AvgIpc) is 3.24. The van der Waals surface area contributed by atoms with Crippen molar-refractivity contribution in [1.29, 1.82) is 0 Å². The van der Waals surface area contributed by atoms with Crippen LogP contribution >= 0.6 is 0 Å². The van der Waals surface area contributed by atoms with Crippen molar-refractivity contribution in [2.45, 2.75) is 5.92 Å². The Balaban J connectivity index is 1.64. The van der Waals surface area contributed by atoms with Gasteiger partial charge in [-0.05, 0) is 41.5 Å². The van der Waals surface area contributed by atoms with E-state index in [4.69, 9.17) is 9.47 Å². The first kappa shape index (κ1) is 21.2. The maximum Gasteiger partial charge on any atom is 0.319 e. The number of fused-ring (bicyclic) bond motifs is 1. The second kappa shape index (κ2) is 9.43. The third-order valence-corrected chi connectivity index (χ3v) is 5.40. The van der Waals surface area contributed by atoms with E-state index in [2.05, 4.69) is 15.6 Å². The molecule has 0 fully saturated rings. The van der Waals surface area contributed by atoms with Gasteiger partial charge in [0.2, 0.25) is 0 Å². The fourth-order valence-electron chi connectivity index (χ4n) is 3.78. The molecule has 1 unspecified atom stereocenters. The highest BCUT2D eigenvalue weighted by atomic mass is 19.1. The highest BCUT2D eigenvalue weighted by Gasteiger charge is 2.21. The van der Waals surface area contributed by atoms with Gasteiger partial charge in [0.15, 0.2) is 11.5 Å². The summed E-state index contributed by atoms with van der Waals surface area (Å²) >= 11 is 0. The number of carbonyl (C=O) groups excluding carboxylic acids is 1. The fraction of sp³-hybridized carbons (Fsp3) is 0.160. The van der Waals surface area contributed by atoms with Crippen LogP contribution in [0.3, 0.4) is 0 Å². The first-order chi connectivity index (χ1) is 15.6. The van der Waals surface area contributed by atoms with Gasteiger partial charge in [0.1, 0.15) is 5.82 Å². The lowest BCUT2D eigenvalue weighted by molar-refractivity contribution is 0.251. The predicted molar refractivity (Wildman–Crippen MR) is 123 cm³/mol. The Labute approximate surface area is 185 Å². The minimum absolute atomic E-state index is 0.125. The van der Waals surface area contributed by atoms with Crippen LogP contribution in [0.15, 0.2) is 72.9 Å². The molecule has 0 aliphatic rings. The SMILES string of the molecule is COc1ccc(C(CNC(=O)Nc2ccccc2F)c2c[nH]c3ccccc23)cc1OC. The van der Waals surface area contributed by atoms with Crippen molar-refractivity contribution in [2.75, 3.05) is 26.1 Å². The largest absolute Gasteiger partial charge is 0.493 e. The van der Waals surface area contributed by atoms with Crippen molar-refractivity contribution in [3.05, 3.63) is 89.9 Å². The van der Waals surface area contributed by atoms with Crippen LogP contribution in [0.1, 0.15) is 17.0 Å². The number of hydrogen-bond donors (Lipinski definition) is 3. The molecule has 6 nitrogen and oxygen atoms in total. The molecule has 3 N–H and O–H groups in total. The van der Waals surface area contributed by atoms with Gasteiger partial charge in [-0.25, -0.2) is 9.18 Å². The lowest BCUT2D eigenvalue weighted by Gasteiger charge is -2.20. The summed E-state index contributed by atoms with van der Waals surface area (Å²) in [5.41, 5.74) is 3.10. The standard InChI is InChI=1S/C25H24FN3O3/c1-31-23-12-11-16(13-24(23)32-2)18(19-15-27-21-9-5-3-7-17(19)21)14-28-25(30)29-22-10-6-4-8-20(22)26/h3-13,15,18,27H,14H2,1-2H3,(H2,28,29,30). The minimum atomic E-state index is -0.490. The van der Waals surface area contributed by atoms with Crippen molar-refractivity contribution in [1.82, 2.24) is 10.3 Å². The molecular weight excluding hydrogens is 409 g/mol. The number of benzene rings is 3. The summed E-state index contributed by atoms with van der Waals surface area (Å²) in [7, 11) is 3.17. The van der Waals surface area contributed by atoms with Gasteiger partial charge in [-0.3, -0.25) is 0 Å². The van der Waals surface area contributed by atoms with E-state index in [0.29, 0.717) is 11.5 Å². The number of urea groups is 1. The number of halogens is 1. The molecule has 0 saturated carbocycles. The molecule has 1 heterocycles. The highest BCUT2D eigenvalue weighted by Crippen LogP contribution is 2.35. The van der Waals surface area contributed by atoms with E-state index in [9.17, 15) is 9.18 Å². The molecule has 2 amide bonds. The highest BCUT2D eigenvalue weighted by molar-refractivity contribution is 5.89. The number of ether oxygens (including phenoxy) is 2. The number of nitrogens with one attached hydrogen (secondary N) is 3. The zero-order valence-corrected chi connectivity index (χ0v) is 17.8. The smallest absolute Gasteiger partial charge is 0.319 e. The molecule has 0 bridgehead atoms. The van der Waals surface area contributed by atoms with Gasteiger partial charge in [-0.15, -0.1) is 0 Å². The number of amides is 2. The molecular formula is C25H24FN3O3. The van der Waals surface area contributed by atoms with Gasteiger partial charge >= 0.3 is 6.03 Å². The fourth-order valence-corrected chi connectivity index (χ4v) is 3.78. The van der Waals surface area contributed by atoms with E-state index in [1.165, 1.54) is 12.1 Å². The molecule has 0 radical (unpaired) electrons. The van der Waals surface area contributed by atoms with Crippen molar-refractivity contribution < 1.29 is 18.7 Å². The van der Waals surface area contributed by atoms with Gasteiger partial charge in [-0.1, -0.05) is 36.4 Å². The topological polar surface area (TPSA) is 75.4 Å². The van der Waals surface area contributed by atoms with Gasteiger partial charge < -0.3 is 25.1 Å².